The van der Waals surface area contributed by atoms with Crippen molar-refractivity contribution in [3.63, 3.8) is 0 Å². The average molecular weight is 300 g/mol. The van der Waals surface area contributed by atoms with E-state index in [-0.39, 0.29) is 16.6 Å². The number of pyridine rings is 1. The number of rotatable bonds is 6. The Balaban J connectivity index is 2.77. The van der Waals surface area contributed by atoms with Gasteiger partial charge in [0.05, 0.1) is 11.7 Å². The second-order valence-electron chi connectivity index (χ2n) is 4.88. The fraction of sp³-hybridized carbons (Fsp3) is 0.500. The van der Waals surface area contributed by atoms with Crippen molar-refractivity contribution in [3.05, 3.63) is 18.3 Å². The maximum absolute atomic E-state index is 12.1. The number of amides is 1. The predicted octanol–water partition coefficient (Wildman–Crippen LogP) is 0.103. The molecule has 7 nitrogen and oxygen atoms in total. The van der Waals surface area contributed by atoms with Crippen molar-refractivity contribution in [2.45, 2.75) is 31.8 Å². The molecule has 1 amide bonds. The van der Waals surface area contributed by atoms with Crippen molar-refractivity contribution in [1.29, 1.82) is 0 Å². The van der Waals surface area contributed by atoms with Gasteiger partial charge in [0.2, 0.25) is 5.91 Å². The first-order valence-corrected chi connectivity index (χ1v) is 7.73. The highest BCUT2D eigenvalue weighted by Gasteiger charge is 2.24. The number of carbonyl (C=O) groups excluding carboxylic acids is 1. The van der Waals surface area contributed by atoms with Gasteiger partial charge in [-0.15, -0.1) is 0 Å². The molecule has 4 N–H and O–H groups in total. The predicted molar refractivity (Wildman–Crippen MR) is 76.3 cm³/mol. The number of carbonyl (C=O) groups is 1. The highest BCUT2D eigenvalue weighted by atomic mass is 32.2. The van der Waals surface area contributed by atoms with E-state index in [9.17, 15) is 13.2 Å². The number of anilines is 1. The van der Waals surface area contributed by atoms with E-state index in [0.29, 0.717) is 6.54 Å². The van der Waals surface area contributed by atoms with Crippen LogP contribution in [0.1, 0.15) is 20.8 Å². The molecule has 1 unspecified atom stereocenters. The van der Waals surface area contributed by atoms with Gasteiger partial charge in [0.1, 0.15) is 0 Å². The second kappa shape index (κ2) is 6.67. The van der Waals surface area contributed by atoms with E-state index in [1.165, 1.54) is 25.3 Å². The van der Waals surface area contributed by atoms with Gasteiger partial charge in [0.15, 0.2) is 5.03 Å². The van der Waals surface area contributed by atoms with Crippen molar-refractivity contribution in [2.24, 2.45) is 5.92 Å². The average Bonchev–Trinajstić information content (AvgIpc) is 2.35. The Kier molecular flexibility index (Phi) is 5.46. The molecule has 0 saturated heterocycles. The van der Waals surface area contributed by atoms with Gasteiger partial charge in [-0.3, -0.25) is 4.79 Å². The van der Waals surface area contributed by atoms with Crippen LogP contribution < -0.4 is 15.8 Å². The summed E-state index contributed by atoms with van der Waals surface area (Å²) in [6.07, 6.45) is 1.33. The number of hydrogen-bond acceptors (Lipinski definition) is 5. The number of nitrogens with one attached hydrogen (secondary N) is 2. The van der Waals surface area contributed by atoms with Crippen LogP contribution in [0.5, 0.6) is 0 Å². The third-order valence-corrected chi connectivity index (χ3v) is 3.98. The third-order valence-electron chi connectivity index (χ3n) is 2.46. The van der Waals surface area contributed by atoms with Crippen LogP contribution in [0.3, 0.4) is 0 Å². The summed E-state index contributed by atoms with van der Waals surface area (Å²) >= 11 is 0. The van der Waals surface area contributed by atoms with E-state index in [2.05, 4.69) is 15.0 Å². The van der Waals surface area contributed by atoms with Crippen molar-refractivity contribution in [1.82, 2.24) is 15.0 Å². The Hall–Kier alpha value is -1.67. The Labute approximate surface area is 119 Å². The van der Waals surface area contributed by atoms with E-state index in [1.807, 2.05) is 13.8 Å². The Bertz CT molecular complexity index is 572. The lowest BCUT2D eigenvalue weighted by atomic mass is 10.2. The molecular formula is C12H20N4O3S. The van der Waals surface area contributed by atoms with E-state index >= 15 is 0 Å². The molecule has 1 aromatic heterocycles. The molecule has 20 heavy (non-hydrogen) atoms. The third kappa shape index (κ3) is 4.46. The van der Waals surface area contributed by atoms with Crippen molar-refractivity contribution in [2.75, 3.05) is 12.3 Å². The SMILES string of the molecule is CC(C)CNC(=O)C(C)NS(=O)(=O)c1ncccc1N. The Morgan fingerprint density at radius 1 is 1.40 bits per heavy atom. The first-order chi connectivity index (χ1) is 9.24. The Morgan fingerprint density at radius 2 is 2.05 bits per heavy atom. The molecule has 0 bridgehead atoms. The summed E-state index contributed by atoms with van der Waals surface area (Å²) < 4.78 is 26.4. The van der Waals surface area contributed by atoms with Crippen molar-refractivity contribution >= 4 is 21.6 Å². The van der Waals surface area contributed by atoms with Crippen LogP contribution in [0, 0.1) is 5.92 Å². The number of nitrogens with two attached hydrogens (primary N) is 1. The van der Waals surface area contributed by atoms with Crippen LogP contribution in [-0.2, 0) is 14.8 Å². The number of nitrogen functional groups attached to an aromatic ring is 1. The van der Waals surface area contributed by atoms with Crippen LogP contribution >= 0.6 is 0 Å². The number of nitrogens with zero attached hydrogens (tertiary/aromatic N) is 1. The number of aromatic nitrogens is 1. The van der Waals surface area contributed by atoms with Crippen LogP contribution in [0.15, 0.2) is 23.4 Å². The highest BCUT2D eigenvalue weighted by Crippen LogP contribution is 2.13. The fourth-order valence-electron chi connectivity index (χ4n) is 1.43. The molecule has 8 heteroatoms. The summed E-state index contributed by atoms with van der Waals surface area (Å²) in [7, 11) is -3.92. The van der Waals surface area contributed by atoms with Gasteiger partial charge in [-0.25, -0.2) is 13.4 Å². The van der Waals surface area contributed by atoms with Gasteiger partial charge in [0.25, 0.3) is 10.0 Å². The summed E-state index contributed by atoms with van der Waals surface area (Å²) in [5.41, 5.74) is 5.61. The van der Waals surface area contributed by atoms with Gasteiger partial charge < -0.3 is 11.1 Å². The zero-order valence-electron chi connectivity index (χ0n) is 11.8. The molecule has 0 saturated carbocycles. The van der Waals surface area contributed by atoms with Crippen molar-refractivity contribution in [3.8, 4) is 0 Å². The second-order valence-corrected chi connectivity index (χ2v) is 6.51. The quantitative estimate of drug-likeness (QED) is 0.689. The van der Waals surface area contributed by atoms with E-state index in [0.717, 1.165) is 0 Å². The number of sulfonamides is 1. The fourth-order valence-corrected chi connectivity index (χ4v) is 2.69. The zero-order chi connectivity index (χ0) is 15.3. The first-order valence-electron chi connectivity index (χ1n) is 6.24. The lowest BCUT2D eigenvalue weighted by molar-refractivity contribution is -0.122. The molecule has 1 aromatic rings. The molecule has 1 heterocycles. The molecule has 1 atom stereocenters. The molecule has 0 aliphatic rings. The number of hydrogen-bond donors (Lipinski definition) is 3. The minimum absolute atomic E-state index is 0.0368. The molecule has 0 aromatic carbocycles. The lowest BCUT2D eigenvalue weighted by Gasteiger charge is -2.15. The molecule has 0 aliphatic carbocycles. The Morgan fingerprint density at radius 3 is 2.60 bits per heavy atom. The van der Waals surface area contributed by atoms with Gasteiger partial charge in [0, 0.05) is 12.7 Å². The topological polar surface area (TPSA) is 114 Å². The maximum Gasteiger partial charge on any atom is 0.260 e. The van der Waals surface area contributed by atoms with Crippen LogP contribution in [-0.4, -0.2) is 31.9 Å². The van der Waals surface area contributed by atoms with Gasteiger partial charge >= 0.3 is 0 Å². The standard InChI is InChI=1S/C12H20N4O3S/c1-8(2)7-15-11(17)9(3)16-20(18,19)12-10(13)5-4-6-14-12/h4-6,8-9,16H,7,13H2,1-3H3,(H,15,17). The molecule has 1 rings (SSSR count). The highest BCUT2D eigenvalue weighted by molar-refractivity contribution is 7.89. The lowest BCUT2D eigenvalue weighted by Crippen LogP contribution is -2.45. The molecular weight excluding hydrogens is 280 g/mol. The molecule has 0 radical (unpaired) electrons. The minimum Gasteiger partial charge on any atom is -0.396 e. The molecule has 112 valence electrons. The minimum atomic E-state index is -3.92. The van der Waals surface area contributed by atoms with Crippen LogP contribution in [0.2, 0.25) is 0 Å². The van der Waals surface area contributed by atoms with E-state index in [4.69, 9.17) is 5.73 Å². The van der Waals surface area contributed by atoms with Crippen LogP contribution in [0.25, 0.3) is 0 Å². The van der Waals surface area contributed by atoms with Gasteiger partial charge in [-0.1, -0.05) is 13.8 Å². The summed E-state index contributed by atoms with van der Waals surface area (Å²) in [6.45, 7) is 5.84. The molecule has 0 aliphatic heterocycles. The zero-order valence-corrected chi connectivity index (χ0v) is 12.6. The molecule has 0 fully saturated rings. The van der Waals surface area contributed by atoms with Gasteiger partial charge in [-0.05, 0) is 25.0 Å². The first kappa shape index (κ1) is 16.4. The summed E-state index contributed by atoms with van der Waals surface area (Å²) in [5.74, 6) is -0.106. The van der Waals surface area contributed by atoms with E-state index < -0.39 is 22.0 Å². The largest absolute Gasteiger partial charge is 0.396 e. The normalized spacial score (nSPS) is 13.2. The van der Waals surface area contributed by atoms with Crippen LogP contribution in [0.4, 0.5) is 5.69 Å². The smallest absolute Gasteiger partial charge is 0.260 e. The summed E-state index contributed by atoms with van der Waals surface area (Å²) in [5, 5.41) is 2.38. The van der Waals surface area contributed by atoms with E-state index in [1.54, 1.807) is 0 Å². The monoisotopic (exact) mass is 300 g/mol. The summed E-state index contributed by atoms with van der Waals surface area (Å²) in [6, 6.07) is 2.07. The summed E-state index contributed by atoms with van der Waals surface area (Å²) in [4.78, 5) is 15.5. The molecule has 0 spiro atoms. The van der Waals surface area contributed by atoms with Crippen molar-refractivity contribution < 1.29 is 13.2 Å². The maximum atomic E-state index is 12.1. The van der Waals surface area contributed by atoms with Gasteiger partial charge in [-0.2, -0.15) is 4.72 Å².